The SMILES string of the molecule is CCOC(=O)/C(C#N)=C(/NC(=O)c1ccccc1C)c1ccncc1. The van der Waals surface area contributed by atoms with Crippen LogP contribution in [0.5, 0.6) is 0 Å². The fraction of sp³-hybridized carbons (Fsp3) is 0.158. The van der Waals surface area contributed by atoms with Crippen LogP contribution in [0.15, 0.2) is 54.4 Å². The molecular formula is C19H17N3O3. The largest absolute Gasteiger partial charge is 0.462 e. The van der Waals surface area contributed by atoms with E-state index in [1.165, 1.54) is 12.4 Å². The minimum Gasteiger partial charge on any atom is -0.462 e. The summed E-state index contributed by atoms with van der Waals surface area (Å²) >= 11 is 0. The molecule has 0 fully saturated rings. The van der Waals surface area contributed by atoms with Crippen molar-refractivity contribution in [2.45, 2.75) is 13.8 Å². The number of pyridine rings is 1. The highest BCUT2D eigenvalue weighted by molar-refractivity contribution is 6.07. The van der Waals surface area contributed by atoms with Gasteiger partial charge in [-0.1, -0.05) is 18.2 Å². The van der Waals surface area contributed by atoms with E-state index < -0.39 is 11.9 Å². The van der Waals surface area contributed by atoms with E-state index in [-0.39, 0.29) is 17.9 Å². The van der Waals surface area contributed by atoms with Gasteiger partial charge in [0.25, 0.3) is 5.91 Å². The number of esters is 1. The third-order valence-electron chi connectivity index (χ3n) is 3.44. The van der Waals surface area contributed by atoms with Crippen LogP contribution in [-0.4, -0.2) is 23.5 Å². The second-order valence-electron chi connectivity index (χ2n) is 5.09. The number of rotatable bonds is 5. The number of ether oxygens (including phenoxy) is 1. The number of carbonyl (C=O) groups is 2. The first-order chi connectivity index (χ1) is 12.1. The Hall–Kier alpha value is -3.46. The normalized spacial score (nSPS) is 11.1. The van der Waals surface area contributed by atoms with Crippen LogP contribution in [0.4, 0.5) is 0 Å². The third kappa shape index (κ3) is 4.30. The number of nitriles is 1. The van der Waals surface area contributed by atoms with Gasteiger partial charge in [0.1, 0.15) is 6.07 Å². The fourth-order valence-corrected chi connectivity index (χ4v) is 2.21. The first-order valence-electron chi connectivity index (χ1n) is 7.67. The molecule has 25 heavy (non-hydrogen) atoms. The van der Waals surface area contributed by atoms with Gasteiger partial charge >= 0.3 is 5.97 Å². The number of aryl methyl sites for hydroxylation is 1. The van der Waals surface area contributed by atoms with Gasteiger partial charge in [0, 0.05) is 23.5 Å². The number of carbonyl (C=O) groups excluding carboxylic acids is 2. The van der Waals surface area contributed by atoms with Gasteiger partial charge in [-0.05, 0) is 37.6 Å². The van der Waals surface area contributed by atoms with Crippen LogP contribution >= 0.6 is 0 Å². The molecule has 0 spiro atoms. The minimum atomic E-state index is -0.790. The maximum atomic E-state index is 12.6. The molecule has 0 saturated heterocycles. The summed E-state index contributed by atoms with van der Waals surface area (Å²) < 4.78 is 4.92. The van der Waals surface area contributed by atoms with Crippen LogP contribution in [0, 0.1) is 18.3 Å². The molecule has 0 unspecified atom stereocenters. The average Bonchev–Trinajstić information content (AvgIpc) is 2.62. The first-order valence-corrected chi connectivity index (χ1v) is 7.67. The minimum absolute atomic E-state index is 0.0941. The van der Waals surface area contributed by atoms with E-state index in [9.17, 15) is 14.9 Å². The summed E-state index contributed by atoms with van der Waals surface area (Å²) in [5, 5.41) is 12.1. The predicted molar refractivity (Wildman–Crippen MR) is 92.0 cm³/mol. The quantitative estimate of drug-likeness (QED) is 0.515. The van der Waals surface area contributed by atoms with Gasteiger partial charge in [-0.2, -0.15) is 5.26 Å². The number of nitrogens with one attached hydrogen (secondary N) is 1. The number of benzene rings is 1. The molecule has 6 nitrogen and oxygen atoms in total. The molecular weight excluding hydrogens is 318 g/mol. The van der Waals surface area contributed by atoms with E-state index in [2.05, 4.69) is 10.3 Å². The molecule has 0 aliphatic carbocycles. The van der Waals surface area contributed by atoms with Crippen LogP contribution < -0.4 is 5.32 Å². The molecule has 126 valence electrons. The standard InChI is InChI=1S/C19H17N3O3/c1-3-25-19(24)16(12-20)17(14-8-10-21-11-9-14)22-18(23)15-7-5-4-6-13(15)2/h4-11H,3H2,1-2H3,(H,22,23)/b17-16+. The summed E-state index contributed by atoms with van der Waals surface area (Å²) in [5.74, 6) is -1.20. The van der Waals surface area contributed by atoms with Gasteiger partial charge in [0.2, 0.25) is 0 Å². The maximum Gasteiger partial charge on any atom is 0.351 e. The van der Waals surface area contributed by atoms with E-state index in [4.69, 9.17) is 4.74 Å². The number of hydrogen-bond acceptors (Lipinski definition) is 5. The van der Waals surface area contributed by atoms with Crippen molar-refractivity contribution < 1.29 is 14.3 Å². The third-order valence-corrected chi connectivity index (χ3v) is 3.44. The molecule has 1 N–H and O–H groups in total. The second-order valence-corrected chi connectivity index (χ2v) is 5.09. The van der Waals surface area contributed by atoms with Crippen molar-refractivity contribution >= 4 is 17.6 Å². The number of nitrogens with zero attached hydrogens (tertiary/aromatic N) is 2. The van der Waals surface area contributed by atoms with E-state index in [0.29, 0.717) is 11.1 Å². The van der Waals surface area contributed by atoms with Gasteiger partial charge in [0.05, 0.1) is 12.3 Å². The Balaban J connectivity index is 2.50. The van der Waals surface area contributed by atoms with E-state index >= 15 is 0 Å². The van der Waals surface area contributed by atoms with Gasteiger partial charge in [0.15, 0.2) is 5.57 Å². The summed E-state index contributed by atoms with van der Waals surface area (Å²) in [5.41, 5.74) is 1.55. The summed E-state index contributed by atoms with van der Waals surface area (Å²) in [6.07, 6.45) is 3.02. The lowest BCUT2D eigenvalue weighted by Crippen LogP contribution is -2.25. The van der Waals surface area contributed by atoms with Crippen molar-refractivity contribution in [1.82, 2.24) is 10.3 Å². The Morgan fingerprint density at radius 1 is 1.20 bits per heavy atom. The molecule has 0 saturated carbocycles. The van der Waals surface area contributed by atoms with Crippen LogP contribution in [0.25, 0.3) is 5.70 Å². The highest BCUT2D eigenvalue weighted by atomic mass is 16.5. The average molecular weight is 335 g/mol. The van der Waals surface area contributed by atoms with Crippen molar-refractivity contribution in [1.29, 1.82) is 5.26 Å². The molecule has 2 rings (SSSR count). The lowest BCUT2D eigenvalue weighted by atomic mass is 10.1. The Bertz CT molecular complexity index is 852. The fourth-order valence-electron chi connectivity index (χ4n) is 2.21. The van der Waals surface area contributed by atoms with Crippen molar-refractivity contribution in [3.63, 3.8) is 0 Å². The number of aromatic nitrogens is 1. The molecule has 0 aliphatic heterocycles. The Morgan fingerprint density at radius 3 is 2.48 bits per heavy atom. The Kier molecular flexibility index (Phi) is 6.02. The summed E-state index contributed by atoms with van der Waals surface area (Å²) in [4.78, 5) is 28.6. The van der Waals surface area contributed by atoms with Crippen molar-refractivity contribution in [3.05, 3.63) is 71.1 Å². The van der Waals surface area contributed by atoms with E-state index in [0.717, 1.165) is 5.56 Å². The molecule has 0 bridgehead atoms. The van der Waals surface area contributed by atoms with Crippen LogP contribution in [0.3, 0.4) is 0 Å². The van der Waals surface area contributed by atoms with Gasteiger partial charge < -0.3 is 10.1 Å². The predicted octanol–water partition coefficient (Wildman–Crippen LogP) is 2.62. The molecule has 1 aromatic heterocycles. The van der Waals surface area contributed by atoms with Crippen molar-refractivity contribution in [2.24, 2.45) is 0 Å². The Labute approximate surface area is 145 Å². The zero-order valence-corrected chi connectivity index (χ0v) is 13.9. The van der Waals surface area contributed by atoms with E-state index in [1.54, 1.807) is 44.2 Å². The van der Waals surface area contributed by atoms with E-state index in [1.807, 2.05) is 12.1 Å². The highest BCUT2D eigenvalue weighted by Gasteiger charge is 2.21. The number of amides is 1. The monoisotopic (exact) mass is 335 g/mol. The maximum absolute atomic E-state index is 12.6. The molecule has 1 heterocycles. The van der Waals surface area contributed by atoms with Gasteiger partial charge in [-0.15, -0.1) is 0 Å². The van der Waals surface area contributed by atoms with Gasteiger partial charge in [-0.25, -0.2) is 4.79 Å². The van der Waals surface area contributed by atoms with Crippen molar-refractivity contribution in [3.8, 4) is 6.07 Å². The lowest BCUT2D eigenvalue weighted by molar-refractivity contribution is -0.137. The molecule has 0 aliphatic rings. The first kappa shape index (κ1) is 17.9. The number of hydrogen-bond donors (Lipinski definition) is 1. The second kappa shape index (κ2) is 8.41. The topological polar surface area (TPSA) is 92.1 Å². The van der Waals surface area contributed by atoms with Crippen LogP contribution in [0.2, 0.25) is 0 Å². The highest BCUT2D eigenvalue weighted by Crippen LogP contribution is 2.18. The Morgan fingerprint density at radius 2 is 1.88 bits per heavy atom. The van der Waals surface area contributed by atoms with Crippen LogP contribution in [0.1, 0.15) is 28.4 Å². The lowest BCUT2D eigenvalue weighted by Gasteiger charge is -2.13. The zero-order chi connectivity index (χ0) is 18.2. The summed E-state index contributed by atoms with van der Waals surface area (Å²) in [6, 6.07) is 12.1. The molecule has 0 radical (unpaired) electrons. The van der Waals surface area contributed by atoms with Gasteiger partial charge in [-0.3, -0.25) is 9.78 Å². The molecule has 0 atom stereocenters. The molecule has 1 amide bonds. The molecule has 6 heteroatoms. The van der Waals surface area contributed by atoms with Crippen LogP contribution in [-0.2, 0) is 9.53 Å². The summed E-state index contributed by atoms with van der Waals surface area (Å²) in [6.45, 7) is 3.57. The summed E-state index contributed by atoms with van der Waals surface area (Å²) in [7, 11) is 0. The zero-order valence-electron chi connectivity index (χ0n) is 13.9. The van der Waals surface area contributed by atoms with Crippen molar-refractivity contribution in [2.75, 3.05) is 6.61 Å². The molecule has 2 aromatic rings. The smallest absolute Gasteiger partial charge is 0.351 e. The molecule has 1 aromatic carbocycles.